The molecular formula is C19H15BrN2O6. The number of hydrogen-bond acceptors (Lipinski definition) is 6. The highest BCUT2D eigenvalue weighted by molar-refractivity contribution is 9.10. The van der Waals surface area contributed by atoms with Gasteiger partial charge in [0.05, 0.1) is 16.0 Å². The third kappa shape index (κ3) is 3.12. The Bertz CT molecular complexity index is 1070. The van der Waals surface area contributed by atoms with Crippen molar-refractivity contribution < 1.29 is 23.9 Å². The number of benzene rings is 2. The van der Waals surface area contributed by atoms with Gasteiger partial charge in [-0.2, -0.15) is 0 Å². The van der Waals surface area contributed by atoms with Crippen molar-refractivity contribution in [3.05, 3.63) is 67.8 Å². The summed E-state index contributed by atoms with van der Waals surface area (Å²) >= 11 is 3.47. The Kier molecular flexibility index (Phi) is 4.78. The van der Waals surface area contributed by atoms with Gasteiger partial charge in [-0.25, -0.2) is 4.79 Å². The van der Waals surface area contributed by atoms with E-state index in [4.69, 9.17) is 14.2 Å². The van der Waals surface area contributed by atoms with Gasteiger partial charge in [0.25, 0.3) is 5.69 Å². The van der Waals surface area contributed by atoms with Crippen LogP contribution in [0.15, 0.2) is 40.9 Å². The predicted molar refractivity (Wildman–Crippen MR) is 103 cm³/mol. The highest BCUT2D eigenvalue weighted by atomic mass is 79.9. The lowest BCUT2D eigenvalue weighted by atomic mass is 10.1. The summed E-state index contributed by atoms with van der Waals surface area (Å²) in [5.41, 5.74) is 2.12. The van der Waals surface area contributed by atoms with Crippen LogP contribution in [0.3, 0.4) is 0 Å². The Hall–Kier alpha value is -2.91. The molecular weight excluding hydrogens is 432 g/mol. The smallest absolute Gasteiger partial charge is 0.356 e. The first kappa shape index (κ1) is 18.5. The fourth-order valence-electron chi connectivity index (χ4n) is 3.28. The SMILES string of the molecule is Cn1c(C(=O)OCc2cc([N+](=O)[O-])cc3c2OCOC3)c(Br)c2ccccc21. The van der Waals surface area contributed by atoms with Gasteiger partial charge in [-0.05, 0) is 22.0 Å². The van der Waals surface area contributed by atoms with Crippen molar-refractivity contribution in [3.63, 3.8) is 0 Å². The van der Waals surface area contributed by atoms with E-state index in [0.29, 0.717) is 27.0 Å². The standard InChI is InChI=1S/C19H15BrN2O6/c1-21-15-5-3-2-4-14(15)16(20)17(21)19(23)27-9-12-7-13(22(24)25)6-11-8-26-10-28-18(11)12/h2-7H,8-10H2,1H3. The number of non-ortho nitro benzene ring substituents is 1. The number of nitro groups is 1. The monoisotopic (exact) mass is 446 g/mol. The van der Waals surface area contributed by atoms with Gasteiger partial charge in [-0.1, -0.05) is 18.2 Å². The van der Waals surface area contributed by atoms with E-state index in [1.54, 1.807) is 11.6 Å². The molecule has 0 spiro atoms. The van der Waals surface area contributed by atoms with Crippen LogP contribution in [0.25, 0.3) is 10.9 Å². The third-order valence-electron chi connectivity index (χ3n) is 4.58. The second-order valence-corrected chi connectivity index (χ2v) is 7.07. The van der Waals surface area contributed by atoms with Crippen molar-refractivity contribution in [1.82, 2.24) is 4.57 Å². The first-order chi connectivity index (χ1) is 13.5. The zero-order valence-electron chi connectivity index (χ0n) is 14.8. The second-order valence-electron chi connectivity index (χ2n) is 6.28. The van der Waals surface area contributed by atoms with Crippen molar-refractivity contribution in [2.75, 3.05) is 6.79 Å². The lowest BCUT2D eigenvalue weighted by molar-refractivity contribution is -0.385. The average Bonchev–Trinajstić information content (AvgIpc) is 2.96. The van der Waals surface area contributed by atoms with E-state index in [1.165, 1.54) is 12.1 Å². The molecule has 4 rings (SSSR count). The van der Waals surface area contributed by atoms with Gasteiger partial charge in [0.15, 0.2) is 6.79 Å². The Morgan fingerprint density at radius 3 is 2.89 bits per heavy atom. The van der Waals surface area contributed by atoms with Gasteiger partial charge >= 0.3 is 5.97 Å². The van der Waals surface area contributed by atoms with Crippen molar-refractivity contribution >= 4 is 38.5 Å². The molecule has 0 atom stereocenters. The van der Waals surface area contributed by atoms with E-state index in [9.17, 15) is 14.9 Å². The normalized spacial score (nSPS) is 13.1. The fourth-order valence-corrected chi connectivity index (χ4v) is 4.04. The predicted octanol–water partition coefficient (Wildman–Crippen LogP) is 4.07. The van der Waals surface area contributed by atoms with Crippen molar-refractivity contribution in [3.8, 4) is 5.75 Å². The number of ether oxygens (including phenoxy) is 3. The summed E-state index contributed by atoms with van der Waals surface area (Å²) in [7, 11) is 1.78. The average molecular weight is 447 g/mol. The van der Waals surface area contributed by atoms with Gasteiger partial charge in [0, 0.05) is 41.2 Å². The molecule has 9 heteroatoms. The molecule has 0 fully saturated rings. The lowest BCUT2D eigenvalue weighted by Gasteiger charge is -2.20. The summed E-state index contributed by atoms with van der Waals surface area (Å²) in [6.07, 6.45) is 0. The number of esters is 1. The van der Waals surface area contributed by atoms with Gasteiger partial charge in [-0.3, -0.25) is 10.1 Å². The molecule has 0 N–H and O–H groups in total. The Morgan fingerprint density at radius 1 is 1.36 bits per heavy atom. The number of halogens is 1. The van der Waals surface area contributed by atoms with E-state index in [0.717, 1.165) is 10.9 Å². The summed E-state index contributed by atoms with van der Waals surface area (Å²) in [5.74, 6) is -0.0846. The van der Waals surface area contributed by atoms with Crippen LogP contribution in [0.1, 0.15) is 21.6 Å². The van der Waals surface area contributed by atoms with E-state index in [1.807, 2.05) is 24.3 Å². The maximum Gasteiger partial charge on any atom is 0.356 e. The highest BCUT2D eigenvalue weighted by Gasteiger charge is 2.24. The van der Waals surface area contributed by atoms with Gasteiger partial charge in [0.1, 0.15) is 18.1 Å². The molecule has 8 nitrogen and oxygen atoms in total. The molecule has 0 amide bonds. The number of nitro benzene ring substituents is 1. The fraction of sp³-hybridized carbons (Fsp3) is 0.211. The van der Waals surface area contributed by atoms with E-state index >= 15 is 0 Å². The van der Waals surface area contributed by atoms with E-state index < -0.39 is 10.9 Å². The molecule has 3 aromatic rings. The molecule has 0 unspecified atom stereocenters. The summed E-state index contributed by atoms with van der Waals surface area (Å²) in [5, 5.41) is 12.1. The first-order valence-corrected chi connectivity index (χ1v) is 9.17. The van der Waals surface area contributed by atoms with Crippen molar-refractivity contribution in [2.45, 2.75) is 13.2 Å². The molecule has 0 bridgehead atoms. The van der Waals surface area contributed by atoms with Crippen LogP contribution in [-0.4, -0.2) is 22.3 Å². The molecule has 2 heterocycles. The van der Waals surface area contributed by atoms with Crippen LogP contribution in [0.4, 0.5) is 5.69 Å². The molecule has 0 saturated heterocycles. The van der Waals surface area contributed by atoms with Gasteiger partial charge in [0.2, 0.25) is 0 Å². The largest absolute Gasteiger partial charge is 0.467 e. The minimum Gasteiger partial charge on any atom is -0.467 e. The molecule has 144 valence electrons. The van der Waals surface area contributed by atoms with Crippen LogP contribution < -0.4 is 4.74 Å². The number of para-hydroxylation sites is 1. The summed E-state index contributed by atoms with van der Waals surface area (Å²) in [4.78, 5) is 23.4. The highest BCUT2D eigenvalue weighted by Crippen LogP contribution is 2.34. The number of aromatic nitrogens is 1. The molecule has 1 aromatic heterocycles. The molecule has 0 saturated carbocycles. The molecule has 2 aromatic carbocycles. The third-order valence-corrected chi connectivity index (χ3v) is 5.38. The van der Waals surface area contributed by atoms with Crippen LogP contribution in [0.2, 0.25) is 0 Å². The topological polar surface area (TPSA) is 92.8 Å². The number of fused-ring (bicyclic) bond motifs is 2. The first-order valence-electron chi connectivity index (χ1n) is 8.38. The zero-order chi connectivity index (χ0) is 19.8. The molecule has 28 heavy (non-hydrogen) atoms. The van der Waals surface area contributed by atoms with E-state index in [-0.39, 0.29) is 25.7 Å². The summed E-state index contributed by atoms with van der Waals surface area (Å²) in [6.45, 7) is 0.0873. The molecule has 0 aliphatic carbocycles. The molecule has 1 aliphatic rings. The zero-order valence-corrected chi connectivity index (χ0v) is 16.4. The number of hydrogen-bond donors (Lipinski definition) is 0. The van der Waals surface area contributed by atoms with E-state index in [2.05, 4.69) is 15.9 Å². The Balaban J connectivity index is 1.64. The number of carbonyl (C=O) groups is 1. The van der Waals surface area contributed by atoms with Crippen molar-refractivity contribution in [2.24, 2.45) is 7.05 Å². The number of aryl methyl sites for hydroxylation is 1. The minimum atomic E-state index is -0.544. The number of carbonyl (C=O) groups excluding carboxylic acids is 1. The van der Waals surface area contributed by atoms with Crippen LogP contribution in [-0.2, 0) is 29.7 Å². The molecule has 0 radical (unpaired) electrons. The van der Waals surface area contributed by atoms with Crippen LogP contribution in [0, 0.1) is 10.1 Å². The van der Waals surface area contributed by atoms with Gasteiger partial charge < -0.3 is 18.8 Å². The quantitative estimate of drug-likeness (QED) is 0.340. The second kappa shape index (κ2) is 7.25. The van der Waals surface area contributed by atoms with Crippen molar-refractivity contribution in [1.29, 1.82) is 0 Å². The maximum atomic E-state index is 12.7. The van der Waals surface area contributed by atoms with Crippen LogP contribution in [0.5, 0.6) is 5.75 Å². The maximum absolute atomic E-state index is 12.7. The van der Waals surface area contributed by atoms with Gasteiger partial charge in [-0.15, -0.1) is 0 Å². The Morgan fingerprint density at radius 2 is 2.14 bits per heavy atom. The minimum absolute atomic E-state index is 0.0422. The lowest BCUT2D eigenvalue weighted by Crippen LogP contribution is -2.15. The summed E-state index contributed by atoms with van der Waals surface area (Å²) in [6, 6.07) is 10.3. The van der Waals surface area contributed by atoms with Crippen LogP contribution >= 0.6 is 15.9 Å². The Labute approximate surface area is 167 Å². The number of nitrogens with zero attached hydrogens (tertiary/aromatic N) is 2. The summed E-state index contributed by atoms with van der Waals surface area (Å²) < 4.78 is 18.5. The molecule has 1 aliphatic heterocycles. The number of rotatable bonds is 4.